The Hall–Kier alpha value is -1.91. The zero-order chi connectivity index (χ0) is 15.1. The lowest BCUT2D eigenvalue weighted by molar-refractivity contribution is 0.104. The molecule has 112 valence electrons. The summed E-state index contributed by atoms with van der Waals surface area (Å²) >= 11 is 0. The molecule has 4 nitrogen and oxygen atoms in total. The largest absolute Gasteiger partial charge is 0.491 e. The highest BCUT2D eigenvalue weighted by molar-refractivity contribution is 5.26. The number of benzene rings is 1. The predicted molar refractivity (Wildman–Crippen MR) is 83.3 cm³/mol. The first kappa shape index (κ1) is 15.5. The van der Waals surface area contributed by atoms with Gasteiger partial charge in [0, 0.05) is 25.0 Å². The third-order valence-electron chi connectivity index (χ3n) is 3.31. The van der Waals surface area contributed by atoms with Crippen LogP contribution in [0.5, 0.6) is 5.75 Å². The Morgan fingerprint density at radius 2 is 2.00 bits per heavy atom. The van der Waals surface area contributed by atoms with Gasteiger partial charge in [-0.3, -0.25) is 4.98 Å². The molecule has 2 rings (SSSR count). The Balaban J connectivity index is 1.72. The first-order chi connectivity index (χ1) is 10.1. The van der Waals surface area contributed by atoms with Crippen LogP contribution >= 0.6 is 0 Å². The summed E-state index contributed by atoms with van der Waals surface area (Å²) in [5.41, 5.74) is 2.29. The number of aryl methyl sites for hydroxylation is 1. The van der Waals surface area contributed by atoms with Crippen molar-refractivity contribution < 1.29 is 9.84 Å². The number of aromatic nitrogens is 1. The predicted octanol–water partition coefficient (Wildman–Crippen LogP) is 2.48. The molecule has 2 atom stereocenters. The monoisotopic (exact) mass is 286 g/mol. The van der Waals surface area contributed by atoms with Crippen molar-refractivity contribution in [3.05, 3.63) is 59.9 Å². The maximum atomic E-state index is 9.96. The van der Waals surface area contributed by atoms with E-state index in [1.54, 1.807) is 6.20 Å². The summed E-state index contributed by atoms with van der Waals surface area (Å²) in [7, 11) is 0. The fourth-order valence-corrected chi connectivity index (χ4v) is 1.95. The summed E-state index contributed by atoms with van der Waals surface area (Å²) in [4.78, 5) is 4.09. The van der Waals surface area contributed by atoms with Crippen molar-refractivity contribution in [2.45, 2.75) is 26.0 Å². The van der Waals surface area contributed by atoms with E-state index in [1.165, 1.54) is 5.56 Å². The number of hydrogen-bond acceptors (Lipinski definition) is 4. The van der Waals surface area contributed by atoms with Crippen LogP contribution in [0.25, 0.3) is 0 Å². The molecular weight excluding hydrogens is 264 g/mol. The van der Waals surface area contributed by atoms with Gasteiger partial charge in [-0.25, -0.2) is 0 Å². The second-order valence-corrected chi connectivity index (χ2v) is 5.19. The fraction of sp³-hybridized carbons (Fsp3) is 0.353. The van der Waals surface area contributed by atoms with Crippen LogP contribution in [0.15, 0.2) is 48.8 Å². The molecule has 0 amide bonds. The fourth-order valence-electron chi connectivity index (χ4n) is 1.95. The molecule has 1 aromatic heterocycles. The van der Waals surface area contributed by atoms with Gasteiger partial charge in [0.05, 0.1) is 0 Å². The van der Waals surface area contributed by atoms with Gasteiger partial charge in [-0.15, -0.1) is 0 Å². The zero-order valence-electron chi connectivity index (χ0n) is 12.5. The van der Waals surface area contributed by atoms with Crippen LogP contribution < -0.4 is 10.1 Å². The number of pyridine rings is 1. The Morgan fingerprint density at radius 1 is 1.24 bits per heavy atom. The molecule has 0 fully saturated rings. The van der Waals surface area contributed by atoms with Crippen LogP contribution in [0, 0.1) is 6.92 Å². The van der Waals surface area contributed by atoms with Crippen molar-refractivity contribution in [3.8, 4) is 5.75 Å². The molecule has 4 heteroatoms. The standard InChI is InChI=1S/C17H22N2O2/c1-13-5-7-17(8-6-13)21-12-16(20)11-19-14(2)15-4-3-9-18-10-15/h3-10,14,16,19-20H,11-12H2,1-2H3/t14-,16?/m0/s1. The van der Waals surface area contributed by atoms with Gasteiger partial charge in [0.2, 0.25) is 0 Å². The van der Waals surface area contributed by atoms with E-state index < -0.39 is 6.10 Å². The molecule has 1 aromatic carbocycles. The highest BCUT2D eigenvalue weighted by atomic mass is 16.5. The first-order valence-corrected chi connectivity index (χ1v) is 7.16. The molecule has 21 heavy (non-hydrogen) atoms. The Bertz CT molecular complexity index is 528. The molecule has 0 saturated carbocycles. The summed E-state index contributed by atoms with van der Waals surface area (Å²) in [6, 6.07) is 11.9. The molecule has 2 aromatic rings. The van der Waals surface area contributed by atoms with Crippen molar-refractivity contribution in [1.82, 2.24) is 10.3 Å². The lowest BCUT2D eigenvalue weighted by Crippen LogP contribution is -2.33. The van der Waals surface area contributed by atoms with Crippen LogP contribution in [-0.4, -0.2) is 29.3 Å². The van der Waals surface area contributed by atoms with E-state index in [1.807, 2.05) is 56.4 Å². The minimum Gasteiger partial charge on any atom is -0.491 e. The van der Waals surface area contributed by atoms with Crippen LogP contribution in [0.3, 0.4) is 0 Å². The van der Waals surface area contributed by atoms with E-state index in [4.69, 9.17) is 4.74 Å². The minimum absolute atomic E-state index is 0.146. The van der Waals surface area contributed by atoms with Gasteiger partial charge < -0.3 is 15.2 Å². The second kappa shape index (κ2) is 7.76. The summed E-state index contributed by atoms with van der Waals surface area (Å²) in [6.07, 6.45) is 3.03. The maximum absolute atomic E-state index is 9.96. The molecule has 0 bridgehead atoms. The molecule has 0 saturated heterocycles. The van der Waals surface area contributed by atoms with Crippen LogP contribution in [0.2, 0.25) is 0 Å². The van der Waals surface area contributed by atoms with Gasteiger partial charge in [-0.1, -0.05) is 23.8 Å². The van der Waals surface area contributed by atoms with E-state index in [0.717, 1.165) is 11.3 Å². The number of rotatable bonds is 7. The molecule has 2 N–H and O–H groups in total. The highest BCUT2D eigenvalue weighted by Crippen LogP contribution is 2.12. The molecule has 0 radical (unpaired) electrons. The quantitative estimate of drug-likeness (QED) is 0.821. The number of aliphatic hydroxyl groups excluding tert-OH is 1. The van der Waals surface area contributed by atoms with E-state index in [-0.39, 0.29) is 12.6 Å². The number of aliphatic hydroxyl groups is 1. The highest BCUT2D eigenvalue weighted by Gasteiger charge is 2.09. The smallest absolute Gasteiger partial charge is 0.119 e. The number of ether oxygens (including phenoxy) is 1. The van der Waals surface area contributed by atoms with Crippen molar-refractivity contribution >= 4 is 0 Å². The van der Waals surface area contributed by atoms with Gasteiger partial charge >= 0.3 is 0 Å². The lowest BCUT2D eigenvalue weighted by atomic mass is 10.1. The zero-order valence-corrected chi connectivity index (χ0v) is 12.5. The second-order valence-electron chi connectivity index (χ2n) is 5.19. The maximum Gasteiger partial charge on any atom is 0.119 e. The molecular formula is C17H22N2O2. The summed E-state index contributed by atoms with van der Waals surface area (Å²) in [6.45, 7) is 4.82. The topological polar surface area (TPSA) is 54.4 Å². The Kier molecular flexibility index (Phi) is 5.72. The SMILES string of the molecule is Cc1ccc(OCC(O)CN[C@@H](C)c2cccnc2)cc1. The Labute approximate surface area is 125 Å². The first-order valence-electron chi connectivity index (χ1n) is 7.16. The Morgan fingerprint density at radius 3 is 2.67 bits per heavy atom. The van der Waals surface area contributed by atoms with Crippen molar-refractivity contribution in [2.24, 2.45) is 0 Å². The van der Waals surface area contributed by atoms with Crippen LogP contribution in [0.1, 0.15) is 24.1 Å². The minimum atomic E-state index is -0.551. The molecule has 1 heterocycles. The van der Waals surface area contributed by atoms with E-state index in [2.05, 4.69) is 10.3 Å². The molecule has 0 aliphatic heterocycles. The van der Waals surface area contributed by atoms with Crippen molar-refractivity contribution in [3.63, 3.8) is 0 Å². The van der Waals surface area contributed by atoms with E-state index in [9.17, 15) is 5.11 Å². The van der Waals surface area contributed by atoms with Gasteiger partial charge in [0.15, 0.2) is 0 Å². The van der Waals surface area contributed by atoms with Crippen molar-refractivity contribution in [2.75, 3.05) is 13.2 Å². The van der Waals surface area contributed by atoms with Gasteiger partial charge in [-0.05, 0) is 37.6 Å². The number of nitrogens with one attached hydrogen (secondary N) is 1. The van der Waals surface area contributed by atoms with Gasteiger partial charge in [0.25, 0.3) is 0 Å². The average Bonchev–Trinajstić information content (AvgIpc) is 2.53. The summed E-state index contributed by atoms with van der Waals surface area (Å²) in [5.74, 6) is 0.778. The number of nitrogens with zero attached hydrogens (tertiary/aromatic N) is 1. The van der Waals surface area contributed by atoms with Crippen molar-refractivity contribution in [1.29, 1.82) is 0 Å². The number of hydrogen-bond donors (Lipinski definition) is 2. The van der Waals surface area contributed by atoms with Crippen LogP contribution in [-0.2, 0) is 0 Å². The summed E-state index contributed by atoms with van der Waals surface area (Å²) in [5, 5.41) is 13.2. The average molecular weight is 286 g/mol. The third kappa shape index (κ3) is 5.17. The van der Waals surface area contributed by atoms with E-state index in [0.29, 0.717) is 6.54 Å². The summed E-state index contributed by atoms with van der Waals surface area (Å²) < 4.78 is 5.56. The van der Waals surface area contributed by atoms with Gasteiger partial charge in [-0.2, -0.15) is 0 Å². The molecule has 0 aliphatic rings. The molecule has 1 unspecified atom stereocenters. The van der Waals surface area contributed by atoms with Crippen LogP contribution in [0.4, 0.5) is 0 Å². The molecule has 0 aliphatic carbocycles. The normalized spacial score (nSPS) is 13.7. The van der Waals surface area contributed by atoms with E-state index >= 15 is 0 Å². The lowest BCUT2D eigenvalue weighted by Gasteiger charge is -2.17. The van der Waals surface area contributed by atoms with Gasteiger partial charge in [0.1, 0.15) is 18.5 Å². The third-order valence-corrected chi connectivity index (χ3v) is 3.31. The molecule has 0 spiro atoms.